The molecule has 1 fully saturated rings. The summed E-state index contributed by atoms with van der Waals surface area (Å²) >= 11 is 6.66. The van der Waals surface area contributed by atoms with Crippen LogP contribution in [0.5, 0.6) is 0 Å². The molecule has 35 heavy (non-hydrogen) atoms. The lowest BCUT2D eigenvalue weighted by Gasteiger charge is -2.19. The highest BCUT2D eigenvalue weighted by Gasteiger charge is 2.64. The van der Waals surface area contributed by atoms with Gasteiger partial charge in [-0.2, -0.15) is 40.2 Å². The maximum atomic E-state index is 13.9. The second kappa shape index (κ2) is 8.43. The summed E-state index contributed by atoms with van der Waals surface area (Å²) in [4.78, 5) is 16.4. The summed E-state index contributed by atoms with van der Waals surface area (Å²) in [7, 11) is 0.810. The number of hydrogen-bond acceptors (Lipinski definition) is 4. The molecule has 0 aliphatic heterocycles. The lowest BCUT2D eigenvalue weighted by atomic mass is 10.1. The molecule has 0 bridgehead atoms. The Morgan fingerprint density at radius 1 is 1.14 bits per heavy atom. The Hall–Kier alpha value is -2.74. The molecular weight excluding hydrogens is 532 g/mol. The molecule has 1 amide bonds. The zero-order chi connectivity index (χ0) is 25.9. The molecule has 188 valence electrons. The number of benzene rings is 1. The lowest BCUT2D eigenvalue weighted by Crippen LogP contribution is -2.36. The van der Waals surface area contributed by atoms with Crippen LogP contribution in [0.25, 0.3) is 22.0 Å². The standard InChI is InChI=1S/C20H13ClF8N4OS/c1-33-14(13(19(24,25)26)15(32-33)18(22,23)20(27,28)29)17-31-12(7-35-17)8-2-5-11(21)10(6-8)16(34)30-9-3-4-9/h2,5-7,9H,3-4H2,1H3,(H,30,34). The molecule has 4 rings (SSSR count). The van der Waals surface area contributed by atoms with E-state index in [2.05, 4.69) is 15.4 Å². The largest absolute Gasteiger partial charge is 0.459 e. The SMILES string of the molecule is Cn1nc(C(F)(F)C(F)(F)F)c(C(F)(F)F)c1-c1nc(-c2ccc(Cl)c(C(=O)NC3CC3)c2)cs1. The van der Waals surface area contributed by atoms with Gasteiger partial charge < -0.3 is 5.32 Å². The minimum Gasteiger partial charge on any atom is -0.349 e. The predicted molar refractivity (Wildman–Crippen MR) is 110 cm³/mol. The van der Waals surface area contributed by atoms with Gasteiger partial charge in [-0.25, -0.2) is 4.98 Å². The van der Waals surface area contributed by atoms with Gasteiger partial charge in [0.15, 0.2) is 5.69 Å². The molecule has 0 saturated heterocycles. The van der Waals surface area contributed by atoms with E-state index in [4.69, 9.17) is 11.6 Å². The number of thiazole rings is 1. The van der Waals surface area contributed by atoms with Gasteiger partial charge in [0.1, 0.15) is 16.3 Å². The molecule has 1 saturated carbocycles. The van der Waals surface area contributed by atoms with Gasteiger partial charge >= 0.3 is 18.3 Å². The maximum absolute atomic E-state index is 13.9. The van der Waals surface area contributed by atoms with Crippen LogP contribution in [0.2, 0.25) is 5.02 Å². The Kier molecular flexibility index (Phi) is 6.11. The van der Waals surface area contributed by atoms with Crippen molar-refractivity contribution in [1.29, 1.82) is 0 Å². The summed E-state index contributed by atoms with van der Waals surface area (Å²) in [5.41, 5.74) is -5.32. The van der Waals surface area contributed by atoms with Crippen molar-refractivity contribution in [1.82, 2.24) is 20.1 Å². The molecule has 2 aromatic heterocycles. The molecule has 0 unspecified atom stereocenters. The van der Waals surface area contributed by atoms with E-state index in [1.807, 2.05) is 0 Å². The van der Waals surface area contributed by atoms with Gasteiger partial charge in [-0.05, 0) is 25.0 Å². The van der Waals surface area contributed by atoms with E-state index in [9.17, 15) is 39.9 Å². The van der Waals surface area contributed by atoms with Gasteiger partial charge in [0.05, 0.1) is 16.3 Å². The van der Waals surface area contributed by atoms with E-state index in [-0.39, 0.29) is 32.6 Å². The first-order chi connectivity index (χ1) is 16.1. The highest BCUT2D eigenvalue weighted by Crippen LogP contribution is 2.50. The molecular formula is C20H13ClF8N4OS. The number of carbonyl (C=O) groups excluding carboxylic acids is 1. The number of aryl methyl sites for hydroxylation is 1. The van der Waals surface area contributed by atoms with Crippen LogP contribution in [-0.4, -0.2) is 32.9 Å². The number of amides is 1. The summed E-state index contributed by atoms with van der Waals surface area (Å²) in [6.07, 6.45) is -10.2. The van der Waals surface area contributed by atoms with Crippen molar-refractivity contribution < 1.29 is 39.9 Å². The fourth-order valence-corrected chi connectivity index (χ4v) is 4.37. The summed E-state index contributed by atoms with van der Waals surface area (Å²) in [6.45, 7) is 0. The van der Waals surface area contributed by atoms with Crippen LogP contribution < -0.4 is 5.32 Å². The van der Waals surface area contributed by atoms with Crippen molar-refractivity contribution in [2.75, 3.05) is 0 Å². The Morgan fingerprint density at radius 2 is 1.80 bits per heavy atom. The van der Waals surface area contributed by atoms with Crippen molar-refractivity contribution >= 4 is 28.8 Å². The molecule has 1 aliphatic rings. The predicted octanol–water partition coefficient (Wildman–Crippen LogP) is 6.43. The first-order valence-corrected chi connectivity index (χ1v) is 11.0. The van der Waals surface area contributed by atoms with E-state index in [1.54, 1.807) is 0 Å². The zero-order valence-electron chi connectivity index (χ0n) is 17.4. The van der Waals surface area contributed by atoms with Gasteiger partial charge in [-0.3, -0.25) is 9.48 Å². The van der Waals surface area contributed by atoms with Crippen molar-refractivity contribution in [3.05, 3.63) is 45.4 Å². The van der Waals surface area contributed by atoms with Crippen molar-refractivity contribution in [2.45, 2.75) is 37.2 Å². The second-order valence-corrected chi connectivity index (χ2v) is 9.01. The number of rotatable bonds is 5. The summed E-state index contributed by atoms with van der Waals surface area (Å²) in [5.74, 6) is -6.31. The maximum Gasteiger partial charge on any atom is 0.459 e. The summed E-state index contributed by atoms with van der Waals surface area (Å²) in [6, 6.07) is 4.20. The van der Waals surface area contributed by atoms with E-state index >= 15 is 0 Å². The fraction of sp³-hybridized carbons (Fsp3) is 0.350. The van der Waals surface area contributed by atoms with Gasteiger partial charge in [0, 0.05) is 24.0 Å². The third kappa shape index (κ3) is 4.73. The van der Waals surface area contributed by atoms with Crippen LogP contribution in [0.1, 0.15) is 34.5 Å². The average molecular weight is 545 g/mol. The first kappa shape index (κ1) is 25.4. The molecule has 2 heterocycles. The Bertz CT molecular complexity index is 1290. The van der Waals surface area contributed by atoms with Gasteiger partial charge in [0.25, 0.3) is 5.91 Å². The lowest BCUT2D eigenvalue weighted by molar-refractivity contribution is -0.292. The van der Waals surface area contributed by atoms with E-state index < -0.39 is 46.1 Å². The third-order valence-corrected chi connectivity index (χ3v) is 6.29. The number of hydrogen-bond donors (Lipinski definition) is 1. The van der Waals surface area contributed by atoms with Gasteiger partial charge in [-0.15, -0.1) is 11.3 Å². The van der Waals surface area contributed by atoms with Crippen LogP contribution in [0.3, 0.4) is 0 Å². The van der Waals surface area contributed by atoms with Crippen LogP contribution in [0.4, 0.5) is 35.1 Å². The quantitative estimate of drug-likeness (QED) is 0.377. The number of alkyl halides is 8. The minimum atomic E-state index is -6.30. The second-order valence-electron chi connectivity index (χ2n) is 7.75. The van der Waals surface area contributed by atoms with Crippen LogP contribution in [0.15, 0.2) is 23.6 Å². The number of aromatic nitrogens is 3. The number of halogens is 9. The monoisotopic (exact) mass is 544 g/mol. The Morgan fingerprint density at radius 3 is 2.37 bits per heavy atom. The van der Waals surface area contributed by atoms with Crippen molar-refractivity contribution in [3.63, 3.8) is 0 Å². The number of nitrogens with zero attached hydrogens (tertiary/aromatic N) is 3. The van der Waals surface area contributed by atoms with Gasteiger partial charge in [0.2, 0.25) is 0 Å². The molecule has 0 atom stereocenters. The zero-order valence-corrected chi connectivity index (χ0v) is 18.9. The number of carbonyl (C=O) groups is 1. The van der Waals surface area contributed by atoms with Crippen molar-refractivity contribution in [3.8, 4) is 22.0 Å². The molecule has 0 spiro atoms. The molecule has 1 aromatic carbocycles. The molecule has 3 aromatic rings. The van der Waals surface area contributed by atoms with E-state index in [0.717, 1.165) is 19.9 Å². The minimum absolute atomic E-state index is 0.0303. The van der Waals surface area contributed by atoms with E-state index in [0.29, 0.717) is 11.3 Å². The highest BCUT2D eigenvalue weighted by atomic mass is 35.5. The van der Waals surface area contributed by atoms with Crippen LogP contribution >= 0.6 is 22.9 Å². The third-order valence-electron chi connectivity index (χ3n) is 5.11. The summed E-state index contributed by atoms with van der Waals surface area (Å²) in [5, 5.41) is 6.52. The molecule has 1 N–H and O–H groups in total. The van der Waals surface area contributed by atoms with Gasteiger partial charge in [-0.1, -0.05) is 17.7 Å². The molecule has 1 aliphatic carbocycles. The number of nitrogens with one attached hydrogen (secondary N) is 1. The average Bonchev–Trinajstić information content (AvgIpc) is 3.27. The van der Waals surface area contributed by atoms with Crippen molar-refractivity contribution in [2.24, 2.45) is 7.05 Å². The topological polar surface area (TPSA) is 59.8 Å². The Balaban J connectivity index is 1.79. The normalized spacial score (nSPS) is 14.9. The molecule has 0 radical (unpaired) electrons. The first-order valence-electron chi connectivity index (χ1n) is 9.77. The fourth-order valence-electron chi connectivity index (χ4n) is 3.26. The Labute approximate surface area is 200 Å². The molecule has 5 nitrogen and oxygen atoms in total. The van der Waals surface area contributed by atoms with E-state index in [1.165, 1.54) is 23.6 Å². The van der Waals surface area contributed by atoms with Crippen LogP contribution in [0, 0.1) is 0 Å². The summed E-state index contributed by atoms with van der Waals surface area (Å²) < 4.78 is 108. The highest BCUT2D eigenvalue weighted by molar-refractivity contribution is 7.13. The molecule has 15 heteroatoms. The smallest absolute Gasteiger partial charge is 0.349 e. The van der Waals surface area contributed by atoms with Crippen LogP contribution in [-0.2, 0) is 19.1 Å².